The Labute approximate surface area is 81.3 Å². The molecule has 1 heteroatoms. The highest BCUT2D eigenvalue weighted by Gasteiger charge is 2.44. The van der Waals surface area contributed by atoms with E-state index in [2.05, 4.69) is 17.2 Å². The van der Waals surface area contributed by atoms with Gasteiger partial charge in [-0.25, -0.2) is 0 Å². The summed E-state index contributed by atoms with van der Waals surface area (Å²) in [7, 11) is 0. The van der Waals surface area contributed by atoms with E-state index in [1.807, 2.05) is 6.92 Å². The van der Waals surface area contributed by atoms with E-state index in [0.29, 0.717) is 0 Å². The zero-order valence-corrected chi connectivity index (χ0v) is 8.47. The van der Waals surface area contributed by atoms with Crippen LogP contribution >= 0.6 is 0 Å². The van der Waals surface area contributed by atoms with Crippen LogP contribution in [0.2, 0.25) is 0 Å². The molecular formula is C12H19N. The first-order valence-corrected chi connectivity index (χ1v) is 5.52. The molecule has 0 aromatic carbocycles. The van der Waals surface area contributed by atoms with Gasteiger partial charge in [0.1, 0.15) is 0 Å². The van der Waals surface area contributed by atoms with Crippen LogP contribution < -0.4 is 5.32 Å². The molecule has 0 saturated heterocycles. The van der Waals surface area contributed by atoms with Gasteiger partial charge in [0.15, 0.2) is 0 Å². The molecule has 3 unspecified atom stereocenters. The Morgan fingerprint density at radius 3 is 3.15 bits per heavy atom. The Morgan fingerprint density at radius 2 is 2.31 bits per heavy atom. The molecule has 2 saturated carbocycles. The van der Waals surface area contributed by atoms with Gasteiger partial charge in [-0.15, -0.1) is 5.92 Å². The summed E-state index contributed by atoms with van der Waals surface area (Å²) in [5.41, 5.74) is 0. The topological polar surface area (TPSA) is 12.0 Å². The van der Waals surface area contributed by atoms with E-state index in [1.54, 1.807) is 0 Å². The minimum Gasteiger partial charge on any atom is -0.306 e. The van der Waals surface area contributed by atoms with Crippen LogP contribution in [-0.2, 0) is 0 Å². The number of hydrogen-bond donors (Lipinski definition) is 1. The van der Waals surface area contributed by atoms with Gasteiger partial charge in [0, 0.05) is 0 Å². The second kappa shape index (κ2) is 4.15. The summed E-state index contributed by atoms with van der Waals surface area (Å²) in [4.78, 5) is 0. The van der Waals surface area contributed by atoms with Gasteiger partial charge in [-0.2, -0.15) is 0 Å². The Kier molecular flexibility index (Phi) is 2.90. The van der Waals surface area contributed by atoms with Crippen molar-refractivity contribution in [3.05, 3.63) is 0 Å². The molecule has 72 valence electrons. The van der Waals surface area contributed by atoms with Crippen molar-refractivity contribution < 1.29 is 0 Å². The Balaban J connectivity index is 1.65. The number of fused-ring (bicyclic) bond motifs is 1. The normalized spacial score (nSPS) is 35.9. The predicted octanol–water partition coefficient (Wildman–Crippen LogP) is 2.04. The van der Waals surface area contributed by atoms with Crippen molar-refractivity contribution in [1.29, 1.82) is 0 Å². The van der Waals surface area contributed by atoms with Crippen LogP contribution in [0.4, 0.5) is 0 Å². The summed E-state index contributed by atoms with van der Waals surface area (Å²) in [6, 6.07) is 0. The van der Waals surface area contributed by atoms with Crippen molar-refractivity contribution in [1.82, 2.24) is 5.32 Å². The molecule has 2 aliphatic rings. The molecule has 2 aliphatic carbocycles. The van der Waals surface area contributed by atoms with Crippen molar-refractivity contribution in [2.75, 3.05) is 13.1 Å². The fourth-order valence-electron chi connectivity index (χ4n) is 2.70. The standard InChI is InChI=1S/C12H19N/c1-2-3-7-13-9-11-6-4-5-10-8-12(10)11/h10-13H,4-9H2,1H3. The molecule has 1 nitrogen and oxygen atoms in total. The highest BCUT2D eigenvalue weighted by atomic mass is 14.9. The monoisotopic (exact) mass is 177 g/mol. The molecule has 0 spiro atoms. The fourth-order valence-corrected chi connectivity index (χ4v) is 2.70. The van der Waals surface area contributed by atoms with E-state index < -0.39 is 0 Å². The SMILES string of the molecule is CC#CCNCC1CCCC2CC12. The van der Waals surface area contributed by atoms with Gasteiger partial charge in [-0.1, -0.05) is 18.8 Å². The minimum absolute atomic E-state index is 0.879. The fraction of sp³-hybridized carbons (Fsp3) is 0.833. The zero-order chi connectivity index (χ0) is 9.10. The van der Waals surface area contributed by atoms with E-state index in [9.17, 15) is 0 Å². The second-order valence-electron chi connectivity index (χ2n) is 4.41. The number of hydrogen-bond acceptors (Lipinski definition) is 1. The van der Waals surface area contributed by atoms with E-state index in [4.69, 9.17) is 0 Å². The molecule has 0 radical (unpaired) electrons. The number of nitrogens with one attached hydrogen (secondary N) is 1. The summed E-state index contributed by atoms with van der Waals surface area (Å²) >= 11 is 0. The summed E-state index contributed by atoms with van der Waals surface area (Å²) in [5.74, 6) is 9.13. The first-order chi connectivity index (χ1) is 6.42. The minimum atomic E-state index is 0.879. The van der Waals surface area contributed by atoms with Crippen molar-refractivity contribution in [2.24, 2.45) is 17.8 Å². The maximum atomic E-state index is 3.44. The van der Waals surface area contributed by atoms with Crippen molar-refractivity contribution in [2.45, 2.75) is 32.6 Å². The molecule has 0 aromatic rings. The molecule has 1 N–H and O–H groups in total. The van der Waals surface area contributed by atoms with Gasteiger partial charge in [-0.05, 0) is 44.1 Å². The lowest BCUT2D eigenvalue weighted by Gasteiger charge is -2.20. The second-order valence-corrected chi connectivity index (χ2v) is 4.41. The van der Waals surface area contributed by atoms with E-state index in [0.717, 1.165) is 24.3 Å². The molecular weight excluding hydrogens is 158 g/mol. The molecule has 0 aliphatic heterocycles. The zero-order valence-electron chi connectivity index (χ0n) is 8.47. The lowest BCUT2D eigenvalue weighted by atomic mass is 9.89. The van der Waals surface area contributed by atoms with Crippen LogP contribution in [-0.4, -0.2) is 13.1 Å². The Morgan fingerprint density at radius 1 is 1.38 bits per heavy atom. The lowest BCUT2D eigenvalue weighted by molar-refractivity contribution is 0.326. The molecule has 13 heavy (non-hydrogen) atoms. The lowest BCUT2D eigenvalue weighted by Crippen LogP contribution is -2.26. The highest BCUT2D eigenvalue weighted by Crippen LogP contribution is 2.52. The van der Waals surface area contributed by atoms with Gasteiger partial charge >= 0.3 is 0 Å². The Hall–Kier alpha value is -0.480. The van der Waals surface area contributed by atoms with E-state index in [-0.39, 0.29) is 0 Å². The third-order valence-corrected chi connectivity index (χ3v) is 3.53. The quantitative estimate of drug-likeness (QED) is 0.514. The summed E-state index contributed by atoms with van der Waals surface area (Å²) < 4.78 is 0. The van der Waals surface area contributed by atoms with Gasteiger partial charge in [0.05, 0.1) is 6.54 Å². The van der Waals surface area contributed by atoms with Crippen molar-refractivity contribution >= 4 is 0 Å². The van der Waals surface area contributed by atoms with Crippen LogP contribution in [0.25, 0.3) is 0 Å². The van der Waals surface area contributed by atoms with Gasteiger partial charge < -0.3 is 5.32 Å². The van der Waals surface area contributed by atoms with E-state index in [1.165, 1.54) is 32.2 Å². The van der Waals surface area contributed by atoms with Crippen molar-refractivity contribution in [3.8, 4) is 11.8 Å². The largest absolute Gasteiger partial charge is 0.306 e. The molecule has 2 rings (SSSR count). The average molecular weight is 177 g/mol. The summed E-state index contributed by atoms with van der Waals surface area (Å²) in [5, 5.41) is 3.44. The van der Waals surface area contributed by atoms with Crippen LogP contribution in [0.5, 0.6) is 0 Å². The molecule has 0 amide bonds. The number of rotatable bonds is 3. The first-order valence-electron chi connectivity index (χ1n) is 5.52. The van der Waals surface area contributed by atoms with Crippen LogP contribution in [0.15, 0.2) is 0 Å². The smallest absolute Gasteiger partial charge is 0.0576 e. The third-order valence-electron chi connectivity index (χ3n) is 3.53. The molecule has 2 fully saturated rings. The molecule has 0 bridgehead atoms. The molecule has 0 heterocycles. The molecule has 3 atom stereocenters. The van der Waals surface area contributed by atoms with Crippen LogP contribution in [0, 0.1) is 29.6 Å². The summed E-state index contributed by atoms with van der Waals surface area (Å²) in [6.45, 7) is 3.99. The highest BCUT2D eigenvalue weighted by molar-refractivity contribution is 4.99. The maximum absolute atomic E-state index is 3.44. The van der Waals surface area contributed by atoms with Crippen LogP contribution in [0.3, 0.4) is 0 Å². The van der Waals surface area contributed by atoms with Gasteiger partial charge in [-0.3, -0.25) is 0 Å². The summed E-state index contributed by atoms with van der Waals surface area (Å²) in [6.07, 6.45) is 5.95. The van der Waals surface area contributed by atoms with Crippen molar-refractivity contribution in [3.63, 3.8) is 0 Å². The predicted molar refractivity (Wildman–Crippen MR) is 55.3 cm³/mol. The maximum Gasteiger partial charge on any atom is 0.0576 e. The average Bonchev–Trinajstić information content (AvgIpc) is 2.91. The van der Waals surface area contributed by atoms with E-state index >= 15 is 0 Å². The van der Waals surface area contributed by atoms with Gasteiger partial charge in [0.2, 0.25) is 0 Å². The van der Waals surface area contributed by atoms with Gasteiger partial charge in [0.25, 0.3) is 0 Å². The van der Waals surface area contributed by atoms with Crippen LogP contribution in [0.1, 0.15) is 32.6 Å². The molecule has 0 aromatic heterocycles. The third kappa shape index (κ3) is 2.25. The Bertz CT molecular complexity index is 223. The first kappa shape index (κ1) is 9.09.